The molecule has 1 heterocycles. The summed E-state index contributed by atoms with van der Waals surface area (Å²) >= 11 is 0. The summed E-state index contributed by atoms with van der Waals surface area (Å²) < 4.78 is 5.75. The zero-order chi connectivity index (χ0) is 21.0. The maximum absolute atomic E-state index is 12.8. The number of fused-ring (bicyclic) bond motifs is 1. The van der Waals surface area contributed by atoms with E-state index in [1.807, 2.05) is 52.0 Å². The summed E-state index contributed by atoms with van der Waals surface area (Å²) in [6.07, 6.45) is 0.253. The summed E-state index contributed by atoms with van der Waals surface area (Å²) in [5.41, 5.74) is 2.79. The predicted molar refractivity (Wildman–Crippen MR) is 114 cm³/mol. The van der Waals surface area contributed by atoms with Gasteiger partial charge in [0.2, 0.25) is 5.91 Å². The van der Waals surface area contributed by atoms with Crippen molar-refractivity contribution < 1.29 is 9.53 Å². The third kappa shape index (κ3) is 5.02. The molecule has 152 valence electrons. The monoisotopic (exact) mass is 393 g/mol. The topological polar surface area (TPSA) is 75.3 Å². The van der Waals surface area contributed by atoms with Crippen LogP contribution in [0.4, 0.5) is 0 Å². The molecular formula is C23H27N3O3. The fourth-order valence-electron chi connectivity index (χ4n) is 3.13. The number of benzene rings is 2. The first-order valence-corrected chi connectivity index (χ1v) is 9.82. The van der Waals surface area contributed by atoms with Gasteiger partial charge in [-0.2, -0.15) is 0 Å². The van der Waals surface area contributed by atoms with Gasteiger partial charge >= 0.3 is 0 Å². The summed E-state index contributed by atoms with van der Waals surface area (Å²) in [5.74, 6) is 1.20. The van der Waals surface area contributed by atoms with E-state index in [2.05, 4.69) is 9.97 Å². The molecule has 0 radical (unpaired) electrons. The average Bonchev–Trinajstić information content (AvgIpc) is 2.68. The van der Waals surface area contributed by atoms with Crippen LogP contribution in [0, 0.1) is 13.8 Å². The van der Waals surface area contributed by atoms with Gasteiger partial charge in [-0.3, -0.25) is 9.59 Å². The van der Waals surface area contributed by atoms with Crippen LogP contribution >= 0.6 is 0 Å². The largest absolute Gasteiger partial charge is 0.493 e. The van der Waals surface area contributed by atoms with E-state index in [1.54, 1.807) is 23.1 Å². The molecule has 3 rings (SSSR count). The first kappa shape index (κ1) is 20.6. The fourth-order valence-corrected chi connectivity index (χ4v) is 3.13. The van der Waals surface area contributed by atoms with Gasteiger partial charge in [-0.25, -0.2) is 4.98 Å². The van der Waals surface area contributed by atoms with Gasteiger partial charge in [0.15, 0.2) is 0 Å². The standard InChI is InChI=1S/C23H27N3O3/c1-15(2)26(14-21-24-20-8-6-5-7-19(20)23(28)25-21)22(27)11-12-29-18-10-9-16(3)17(4)13-18/h5-10,13,15H,11-12,14H2,1-4H3,(H,24,25,28). The molecule has 0 aliphatic rings. The van der Waals surface area contributed by atoms with Gasteiger partial charge in [0.25, 0.3) is 5.56 Å². The minimum Gasteiger partial charge on any atom is -0.493 e. The van der Waals surface area contributed by atoms with Crippen molar-refractivity contribution in [2.24, 2.45) is 0 Å². The van der Waals surface area contributed by atoms with E-state index in [0.29, 0.717) is 23.3 Å². The summed E-state index contributed by atoms with van der Waals surface area (Å²) in [6, 6.07) is 13.1. The average molecular weight is 393 g/mol. The highest BCUT2D eigenvalue weighted by molar-refractivity contribution is 5.78. The van der Waals surface area contributed by atoms with Gasteiger partial charge in [0, 0.05) is 6.04 Å². The normalized spacial score (nSPS) is 11.1. The molecule has 0 spiro atoms. The lowest BCUT2D eigenvalue weighted by Crippen LogP contribution is -2.38. The van der Waals surface area contributed by atoms with Crippen LogP contribution in [0.25, 0.3) is 10.9 Å². The van der Waals surface area contributed by atoms with Crippen molar-refractivity contribution in [1.82, 2.24) is 14.9 Å². The SMILES string of the molecule is Cc1ccc(OCCC(=O)N(Cc2nc3ccccc3c(=O)[nH]2)C(C)C)cc1C. The zero-order valence-corrected chi connectivity index (χ0v) is 17.4. The Labute approximate surface area is 170 Å². The molecule has 1 aromatic heterocycles. The molecule has 1 N–H and O–H groups in total. The van der Waals surface area contributed by atoms with Crippen LogP contribution in [0.15, 0.2) is 47.3 Å². The number of hydrogen-bond donors (Lipinski definition) is 1. The second-order valence-corrected chi connectivity index (χ2v) is 7.49. The Balaban J connectivity index is 1.66. The number of ether oxygens (including phenoxy) is 1. The zero-order valence-electron chi connectivity index (χ0n) is 17.4. The third-order valence-corrected chi connectivity index (χ3v) is 4.99. The van der Waals surface area contributed by atoms with Gasteiger partial charge in [-0.05, 0) is 63.1 Å². The van der Waals surface area contributed by atoms with Gasteiger partial charge in [0.05, 0.1) is 30.5 Å². The molecule has 0 saturated heterocycles. The molecule has 0 aliphatic heterocycles. The maximum Gasteiger partial charge on any atom is 0.258 e. The Kier molecular flexibility index (Phi) is 6.32. The highest BCUT2D eigenvalue weighted by Gasteiger charge is 2.19. The number of para-hydroxylation sites is 1. The summed E-state index contributed by atoms with van der Waals surface area (Å²) in [4.78, 5) is 34.1. The maximum atomic E-state index is 12.8. The van der Waals surface area contributed by atoms with Gasteiger partial charge in [-0.1, -0.05) is 18.2 Å². The Hall–Kier alpha value is -3.15. The van der Waals surface area contributed by atoms with Gasteiger partial charge in [0.1, 0.15) is 11.6 Å². The van der Waals surface area contributed by atoms with Crippen LogP contribution in [0.1, 0.15) is 37.2 Å². The lowest BCUT2D eigenvalue weighted by molar-refractivity contribution is -0.134. The molecule has 1 amide bonds. The number of nitrogens with one attached hydrogen (secondary N) is 1. The number of carbonyl (C=O) groups is 1. The van der Waals surface area contributed by atoms with Crippen molar-refractivity contribution in [2.75, 3.05) is 6.61 Å². The van der Waals surface area contributed by atoms with Crippen LogP contribution in [-0.4, -0.2) is 33.4 Å². The predicted octanol–water partition coefficient (Wildman–Crippen LogP) is 3.75. The lowest BCUT2D eigenvalue weighted by atomic mass is 10.1. The van der Waals surface area contributed by atoms with Crippen LogP contribution < -0.4 is 10.3 Å². The molecule has 2 aromatic carbocycles. The van der Waals surface area contributed by atoms with E-state index in [-0.39, 0.29) is 30.5 Å². The number of carbonyl (C=O) groups excluding carboxylic acids is 1. The molecule has 0 fully saturated rings. The van der Waals surface area contributed by atoms with Crippen molar-refractivity contribution in [3.63, 3.8) is 0 Å². The van der Waals surface area contributed by atoms with E-state index in [1.165, 1.54) is 5.56 Å². The Morgan fingerprint density at radius 3 is 2.62 bits per heavy atom. The number of amides is 1. The number of aryl methyl sites for hydroxylation is 2. The second-order valence-electron chi connectivity index (χ2n) is 7.49. The van der Waals surface area contributed by atoms with Gasteiger partial charge < -0.3 is 14.6 Å². The second kappa shape index (κ2) is 8.90. The minimum atomic E-state index is -0.195. The molecule has 0 unspecified atom stereocenters. The van der Waals surface area contributed by atoms with Crippen LogP contribution in [0.5, 0.6) is 5.75 Å². The lowest BCUT2D eigenvalue weighted by Gasteiger charge is -2.26. The summed E-state index contributed by atoms with van der Waals surface area (Å²) in [5, 5.41) is 0.542. The van der Waals surface area contributed by atoms with Crippen LogP contribution in [-0.2, 0) is 11.3 Å². The van der Waals surface area contributed by atoms with Crippen molar-refractivity contribution in [1.29, 1.82) is 0 Å². The summed E-state index contributed by atoms with van der Waals surface area (Å²) in [6.45, 7) is 8.52. The molecule has 0 aliphatic carbocycles. The summed E-state index contributed by atoms with van der Waals surface area (Å²) in [7, 11) is 0. The van der Waals surface area contributed by atoms with Gasteiger partial charge in [-0.15, -0.1) is 0 Å². The quantitative estimate of drug-likeness (QED) is 0.663. The van der Waals surface area contributed by atoms with Crippen molar-refractivity contribution in [3.05, 3.63) is 69.8 Å². The molecular weight excluding hydrogens is 366 g/mol. The minimum absolute atomic E-state index is 0.0270. The van der Waals surface area contributed by atoms with E-state index >= 15 is 0 Å². The fraction of sp³-hybridized carbons (Fsp3) is 0.348. The molecule has 0 saturated carbocycles. The molecule has 6 heteroatoms. The molecule has 0 atom stereocenters. The van der Waals surface area contributed by atoms with E-state index in [9.17, 15) is 9.59 Å². The number of aromatic amines is 1. The third-order valence-electron chi connectivity index (χ3n) is 4.99. The van der Waals surface area contributed by atoms with Crippen LogP contribution in [0.3, 0.4) is 0 Å². The van der Waals surface area contributed by atoms with E-state index < -0.39 is 0 Å². The van der Waals surface area contributed by atoms with Crippen molar-refractivity contribution in [3.8, 4) is 5.75 Å². The Morgan fingerprint density at radius 1 is 1.14 bits per heavy atom. The Bertz CT molecular complexity index is 1070. The Morgan fingerprint density at radius 2 is 1.90 bits per heavy atom. The number of H-pyrrole nitrogens is 1. The van der Waals surface area contributed by atoms with E-state index in [4.69, 9.17) is 4.74 Å². The van der Waals surface area contributed by atoms with Crippen LogP contribution in [0.2, 0.25) is 0 Å². The number of nitrogens with zero attached hydrogens (tertiary/aromatic N) is 2. The molecule has 6 nitrogen and oxygen atoms in total. The van der Waals surface area contributed by atoms with Crippen molar-refractivity contribution >= 4 is 16.8 Å². The number of aromatic nitrogens is 2. The van der Waals surface area contributed by atoms with E-state index in [0.717, 1.165) is 11.3 Å². The molecule has 3 aromatic rings. The van der Waals surface area contributed by atoms with Crippen molar-refractivity contribution in [2.45, 2.75) is 46.7 Å². The smallest absolute Gasteiger partial charge is 0.258 e. The first-order chi connectivity index (χ1) is 13.8. The first-order valence-electron chi connectivity index (χ1n) is 9.82. The molecule has 29 heavy (non-hydrogen) atoms. The highest BCUT2D eigenvalue weighted by atomic mass is 16.5. The molecule has 0 bridgehead atoms. The highest BCUT2D eigenvalue weighted by Crippen LogP contribution is 2.17. The number of rotatable bonds is 7. The number of hydrogen-bond acceptors (Lipinski definition) is 4.